The number of oxazole rings is 1. The summed E-state index contributed by atoms with van der Waals surface area (Å²) in [5.41, 5.74) is 1.88. The van der Waals surface area contributed by atoms with Gasteiger partial charge in [0.15, 0.2) is 0 Å². The fourth-order valence-corrected chi connectivity index (χ4v) is 1.79. The van der Waals surface area contributed by atoms with Crippen molar-refractivity contribution in [3.8, 4) is 11.8 Å². The minimum Gasteiger partial charge on any atom is -0.497 e. The van der Waals surface area contributed by atoms with Gasteiger partial charge in [0.05, 0.1) is 12.8 Å². The van der Waals surface area contributed by atoms with E-state index in [1.807, 2.05) is 24.3 Å². The number of hydrogen-bond acceptors (Lipinski definition) is 5. The Kier molecular flexibility index (Phi) is 5.63. The second kappa shape index (κ2) is 7.69. The Balaban J connectivity index is 1.79. The Hall–Kier alpha value is -2.01. The average molecular weight is 290 g/mol. The lowest BCUT2D eigenvalue weighted by atomic mass is 10.2. The minimum atomic E-state index is 0.298. The van der Waals surface area contributed by atoms with E-state index in [9.17, 15) is 0 Å². The summed E-state index contributed by atoms with van der Waals surface area (Å²) < 4.78 is 15.9. The van der Waals surface area contributed by atoms with Gasteiger partial charge in [-0.15, -0.1) is 0 Å². The lowest BCUT2D eigenvalue weighted by Crippen LogP contribution is -2.19. The monoisotopic (exact) mass is 290 g/mol. The third-order valence-electron chi connectivity index (χ3n) is 2.91. The number of aromatic nitrogens is 1. The van der Waals surface area contributed by atoms with Crippen LogP contribution in [0.3, 0.4) is 0 Å². The molecular weight excluding hydrogens is 268 g/mol. The van der Waals surface area contributed by atoms with Gasteiger partial charge < -0.3 is 19.2 Å². The molecule has 0 spiro atoms. The largest absolute Gasteiger partial charge is 0.497 e. The molecule has 0 amide bonds. The first-order chi connectivity index (χ1) is 10.2. The first-order valence-electron chi connectivity index (χ1n) is 7.08. The van der Waals surface area contributed by atoms with E-state index < -0.39 is 0 Å². The highest BCUT2D eigenvalue weighted by Gasteiger charge is 2.05. The summed E-state index contributed by atoms with van der Waals surface area (Å²) in [7, 11) is 1.65. The molecule has 1 N–H and O–H groups in total. The first-order valence-corrected chi connectivity index (χ1v) is 7.08. The van der Waals surface area contributed by atoms with Gasteiger partial charge in [-0.1, -0.05) is 26.0 Å². The zero-order valence-electron chi connectivity index (χ0n) is 12.8. The zero-order valence-corrected chi connectivity index (χ0v) is 12.8. The predicted octanol–water partition coefficient (Wildman–Crippen LogP) is 3.01. The molecule has 1 aromatic heterocycles. The molecule has 5 heteroatoms. The molecule has 0 radical (unpaired) electrons. The van der Waals surface area contributed by atoms with Gasteiger partial charge in [-0.2, -0.15) is 4.98 Å². The van der Waals surface area contributed by atoms with Gasteiger partial charge in [-0.25, -0.2) is 0 Å². The van der Waals surface area contributed by atoms with Crippen molar-refractivity contribution in [2.75, 3.05) is 13.7 Å². The molecule has 5 nitrogen and oxygen atoms in total. The Morgan fingerprint density at radius 1 is 1.24 bits per heavy atom. The van der Waals surface area contributed by atoms with Crippen LogP contribution in [0, 0.1) is 5.92 Å². The Bertz CT molecular complexity index is 535. The molecule has 1 aromatic carbocycles. The average Bonchev–Trinajstić information content (AvgIpc) is 2.93. The van der Waals surface area contributed by atoms with Crippen molar-refractivity contribution in [1.82, 2.24) is 10.3 Å². The SMILES string of the molecule is COc1ccc(COc2nc(CNCC(C)C)co2)cc1. The predicted molar refractivity (Wildman–Crippen MR) is 80.4 cm³/mol. The van der Waals surface area contributed by atoms with Crippen LogP contribution in [0.1, 0.15) is 25.1 Å². The molecule has 2 aromatic rings. The van der Waals surface area contributed by atoms with Crippen LogP contribution < -0.4 is 14.8 Å². The van der Waals surface area contributed by atoms with E-state index in [0.717, 1.165) is 23.6 Å². The van der Waals surface area contributed by atoms with Crippen LogP contribution in [-0.4, -0.2) is 18.6 Å². The third-order valence-corrected chi connectivity index (χ3v) is 2.91. The molecule has 0 aliphatic heterocycles. The number of rotatable bonds is 8. The smallest absolute Gasteiger partial charge is 0.394 e. The van der Waals surface area contributed by atoms with E-state index in [1.54, 1.807) is 13.4 Å². The van der Waals surface area contributed by atoms with Gasteiger partial charge in [0.25, 0.3) is 0 Å². The van der Waals surface area contributed by atoms with Gasteiger partial charge in [0.2, 0.25) is 0 Å². The van der Waals surface area contributed by atoms with E-state index in [1.165, 1.54) is 0 Å². The first kappa shape index (κ1) is 15.4. The van der Waals surface area contributed by atoms with Gasteiger partial charge in [0, 0.05) is 6.54 Å². The number of hydrogen-bond donors (Lipinski definition) is 1. The highest BCUT2D eigenvalue weighted by molar-refractivity contribution is 5.26. The van der Waals surface area contributed by atoms with E-state index >= 15 is 0 Å². The summed E-state index contributed by atoms with van der Waals surface area (Å²) in [5, 5.41) is 3.31. The Morgan fingerprint density at radius 2 is 2.00 bits per heavy atom. The molecule has 0 fully saturated rings. The van der Waals surface area contributed by atoms with Crippen LogP contribution in [0.15, 0.2) is 34.9 Å². The molecule has 0 saturated heterocycles. The summed E-state index contributed by atoms with van der Waals surface area (Å²) in [6.45, 7) is 6.39. The van der Waals surface area contributed by atoms with Crippen LogP contribution in [0.25, 0.3) is 0 Å². The summed E-state index contributed by atoms with van der Waals surface area (Å²) >= 11 is 0. The fraction of sp³-hybridized carbons (Fsp3) is 0.438. The summed E-state index contributed by atoms with van der Waals surface area (Å²) in [5.74, 6) is 1.44. The van der Waals surface area contributed by atoms with E-state index in [0.29, 0.717) is 25.1 Å². The molecule has 0 atom stereocenters. The highest BCUT2D eigenvalue weighted by Crippen LogP contribution is 2.15. The molecule has 1 heterocycles. The van der Waals surface area contributed by atoms with Crippen LogP contribution in [0.4, 0.5) is 0 Å². The van der Waals surface area contributed by atoms with Crippen molar-refractivity contribution in [3.05, 3.63) is 41.8 Å². The molecular formula is C16H22N2O3. The third kappa shape index (κ3) is 5.11. The lowest BCUT2D eigenvalue weighted by molar-refractivity contribution is 0.220. The second-order valence-corrected chi connectivity index (χ2v) is 5.27. The van der Waals surface area contributed by atoms with Gasteiger partial charge >= 0.3 is 6.08 Å². The normalized spacial score (nSPS) is 10.9. The topological polar surface area (TPSA) is 56.5 Å². The van der Waals surface area contributed by atoms with Crippen molar-refractivity contribution in [2.45, 2.75) is 27.0 Å². The maximum absolute atomic E-state index is 5.53. The van der Waals surface area contributed by atoms with Crippen molar-refractivity contribution >= 4 is 0 Å². The summed E-state index contributed by atoms with van der Waals surface area (Å²) in [6.07, 6.45) is 1.92. The van der Waals surface area contributed by atoms with Crippen LogP contribution >= 0.6 is 0 Å². The fourth-order valence-electron chi connectivity index (χ4n) is 1.79. The van der Waals surface area contributed by atoms with Crippen molar-refractivity contribution in [2.24, 2.45) is 5.92 Å². The van der Waals surface area contributed by atoms with E-state index in [2.05, 4.69) is 24.1 Å². The molecule has 114 valence electrons. The molecule has 0 aliphatic carbocycles. The van der Waals surface area contributed by atoms with Crippen LogP contribution in [0.5, 0.6) is 11.8 Å². The zero-order chi connectivity index (χ0) is 15.1. The van der Waals surface area contributed by atoms with E-state index in [4.69, 9.17) is 13.9 Å². The van der Waals surface area contributed by atoms with Crippen LogP contribution in [0.2, 0.25) is 0 Å². The minimum absolute atomic E-state index is 0.298. The Morgan fingerprint density at radius 3 is 2.67 bits per heavy atom. The number of nitrogens with zero attached hydrogens (tertiary/aromatic N) is 1. The lowest BCUT2D eigenvalue weighted by Gasteiger charge is -2.04. The van der Waals surface area contributed by atoms with Gasteiger partial charge in [-0.05, 0) is 30.2 Å². The maximum Gasteiger partial charge on any atom is 0.394 e. The molecule has 2 rings (SSSR count). The molecule has 21 heavy (non-hydrogen) atoms. The highest BCUT2D eigenvalue weighted by atomic mass is 16.6. The molecule has 0 aliphatic rings. The van der Waals surface area contributed by atoms with Crippen molar-refractivity contribution < 1.29 is 13.9 Å². The Labute approximate surface area is 125 Å². The quantitative estimate of drug-likeness (QED) is 0.810. The number of ether oxygens (including phenoxy) is 2. The van der Waals surface area contributed by atoms with Crippen molar-refractivity contribution in [3.63, 3.8) is 0 Å². The standard InChI is InChI=1S/C16H22N2O3/c1-12(2)8-17-9-14-11-21-16(18-14)20-10-13-4-6-15(19-3)7-5-13/h4-7,11-12,17H,8-10H2,1-3H3. The molecule has 0 bridgehead atoms. The van der Waals surface area contributed by atoms with Gasteiger partial charge in [0.1, 0.15) is 18.6 Å². The summed E-state index contributed by atoms with van der Waals surface area (Å²) in [4.78, 5) is 4.28. The second-order valence-electron chi connectivity index (χ2n) is 5.27. The van der Waals surface area contributed by atoms with E-state index in [-0.39, 0.29) is 0 Å². The number of nitrogens with one attached hydrogen (secondary N) is 1. The van der Waals surface area contributed by atoms with Crippen molar-refractivity contribution in [1.29, 1.82) is 0 Å². The van der Waals surface area contributed by atoms with Crippen LogP contribution in [-0.2, 0) is 13.2 Å². The number of methoxy groups -OCH3 is 1. The molecule has 0 saturated carbocycles. The number of benzene rings is 1. The summed E-state index contributed by atoms with van der Waals surface area (Å²) in [6, 6.07) is 7.70. The van der Waals surface area contributed by atoms with Gasteiger partial charge in [-0.3, -0.25) is 0 Å². The molecule has 0 unspecified atom stereocenters. The maximum atomic E-state index is 5.53.